The molecule has 0 unspecified atom stereocenters. The van der Waals surface area contributed by atoms with Gasteiger partial charge in [-0.1, -0.05) is 18.2 Å². The molecule has 1 aromatic heterocycles. The number of hydrogen-bond acceptors (Lipinski definition) is 4. The summed E-state index contributed by atoms with van der Waals surface area (Å²) < 4.78 is 24.8. The monoisotopic (exact) mass is 361 g/mol. The molecule has 1 aliphatic rings. The number of nitrogens with one attached hydrogen (secondary N) is 1. The quantitative estimate of drug-likeness (QED) is 0.877. The third-order valence-electron chi connectivity index (χ3n) is 4.69. The minimum atomic E-state index is -2.91. The Morgan fingerprint density at radius 3 is 2.64 bits per heavy atom. The van der Waals surface area contributed by atoms with Crippen molar-refractivity contribution in [3.8, 4) is 5.69 Å². The van der Waals surface area contributed by atoms with Crippen LogP contribution < -0.4 is 5.32 Å². The zero-order valence-corrected chi connectivity index (χ0v) is 15.3. The van der Waals surface area contributed by atoms with Crippen LogP contribution in [-0.4, -0.2) is 42.2 Å². The van der Waals surface area contributed by atoms with E-state index in [1.54, 1.807) is 0 Å². The van der Waals surface area contributed by atoms with Crippen molar-refractivity contribution in [2.24, 2.45) is 5.92 Å². The normalized spacial score (nSPS) is 19.0. The summed E-state index contributed by atoms with van der Waals surface area (Å²) in [7, 11) is -2.91. The number of carbonyl (C=O) groups is 1. The highest BCUT2D eigenvalue weighted by Crippen LogP contribution is 2.19. The first-order chi connectivity index (χ1) is 11.9. The van der Waals surface area contributed by atoms with Gasteiger partial charge in [-0.25, -0.2) is 13.1 Å². The molecule has 1 aliphatic heterocycles. The standard InChI is InChI=1S/C18H23N3O3S/c1-13-17(14(2)21(20-13)16-6-4-3-5-7-16)10-18(22)19-11-15-8-9-25(23,24)12-15/h3-7,15H,8-12H2,1-2H3,(H,19,22)/t15-/m0/s1. The van der Waals surface area contributed by atoms with E-state index in [0.717, 1.165) is 22.6 Å². The first kappa shape index (κ1) is 17.7. The lowest BCUT2D eigenvalue weighted by Crippen LogP contribution is -2.31. The van der Waals surface area contributed by atoms with Crippen LogP contribution in [0.5, 0.6) is 0 Å². The minimum Gasteiger partial charge on any atom is -0.356 e. The van der Waals surface area contributed by atoms with Crippen LogP contribution in [0.15, 0.2) is 30.3 Å². The van der Waals surface area contributed by atoms with Crippen molar-refractivity contribution < 1.29 is 13.2 Å². The van der Waals surface area contributed by atoms with Gasteiger partial charge in [0, 0.05) is 17.8 Å². The molecule has 1 saturated heterocycles. The van der Waals surface area contributed by atoms with Gasteiger partial charge in [0.25, 0.3) is 0 Å². The van der Waals surface area contributed by atoms with E-state index in [9.17, 15) is 13.2 Å². The van der Waals surface area contributed by atoms with Gasteiger partial charge >= 0.3 is 0 Å². The molecule has 6 nitrogen and oxygen atoms in total. The van der Waals surface area contributed by atoms with Crippen LogP contribution >= 0.6 is 0 Å². The molecule has 7 heteroatoms. The smallest absolute Gasteiger partial charge is 0.224 e. The fraction of sp³-hybridized carbons (Fsp3) is 0.444. The fourth-order valence-corrected chi connectivity index (χ4v) is 5.13. The average molecular weight is 361 g/mol. The third-order valence-corrected chi connectivity index (χ3v) is 6.53. The summed E-state index contributed by atoms with van der Waals surface area (Å²) in [5.74, 6) is 0.346. The lowest BCUT2D eigenvalue weighted by Gasteiger charge is -2.10. The van der Waals surface area contributed by atoms with Crippen LogP contribution in [0, 0.1) is 19.8 Å². The van der Waals surface area contributed by atoms with Gasteiger partial charge in [-0.3, -0.25) is 4.79 Å². The van der Waals surface area contributed by atoms with E-state index in [-0.39, 0.29) is 29.8 Å². The number of aryl methyl sites for hydroxylation is 1. The van der Waals surface area contributed by atoms with Gasteiger partial charge in [0.2, 0.25) is 5.91 Å². The number of benzene rings is 1. The molecule has 0 spiro atoms. The van der Waals surface area contributed by atoms with E-state index in [0.29, 0.717) is 13.0 Å². The van der Waals surface area contributed by atoms with Gasteiger partial charge in [-0.05, 0) is 38.3 Å². The van der Waals surface area contributed by atoms with Crippen LogP contribution in [0.4, 0.5) is 0 Å². The van der Waals surface area contributed by atoms with Gasteiger partial charge in [0.1, 0.15) is 0 Å². The van der Waals surface area contributed by atoms with Crippen LogP contribution in [-0.2, 0) is 21.1 Å². The predicted octanol–water partition coefficient (Wildman–Crippen LogP) is 1.58. The Morgan fingerprint density at radius 2 is 2.00 bits per heavy atom. The molecule has 0 radical (unpaired) electrons. The second kappa shape index (κ2) is 7.00. The Kier molecular flexibility index (Phi) is 4.94. The maximum absolute atomic E-state index is 12.3. The summed E-state index contributed by atoms with van der Waals surface area (Å²) in [4.78, 5) is 12.3. The molecule has 0 saturated carbocycles. The van der Waals surface area contributed by atoms with Gasteiger partial charge in [-0.15, -0.1) is 0 Å². The highest BCUT2D eigenvalue weighted by Gasteiger charge is 2.28. The molecule has 3 rings (SSSR count). The largest absolute Gasteiger partial charge is 0.356 e. The number of amides is 1. The Morgan fingerprint density at radius 1 is 1.28 bits per heavy atom. The molecular weight excluding hydrogens is 338 g/mol. The number of aromatic nitrogens is 2. The third kappa shape index (κ3) is 4.10. The number of hydrogen-bond donors (Lipinski definition) is 1. The number of nitrogens with zero attached hydrogens (tertiary/aromatic N) is 2. The molecule has 25 heavy (non-hydrogen) atoms. The molecule has 1 N–H and O–H groups in total. The lowest BCUT2D eigenvalue weighted by molar-refractivity contribution is -0.120. The molecule has 1 fully saturated rings. The SMILES string of the molecule is Cc1nn(-c2ccccc2)c(C)c1CC(=O)NC[C@@H]1CCS(=O)(=O)C1. The molecule has 1 atom stereocenters. The van der Waals surface area contributed by atoms with E-state index in [4.69, 9.17) is 0 Å². The Bertz CT molecular complexity index is 872. The van der Waals surface area contributed by atoms with Crippen molar-refractivity contribution >= 4 is 15.7 Å². The Hall–Kier alpha value is -2.15. The number of carbonyl (C=O) groups excluding carboxylic acids is 1. The molecule has 1 amide bonds. The van der Waals surface area contributed by atoms with Crippen molar-refractivity contribution in [2.75, 3.05) is 18.1 Å². The average Bonchev–Trinajstić information content (AvgIpc) is 3.07. The Balaban J connectivity index is 1.65. The highest BCUT2D eigenvalue weighted by atomic mass is 32.2. The second-order valence-corrected chi connectivity index (χ2v) is 8.88. The molecule has 2 heterocycles. The summed E-state index contributed by atoms with van der Waals surface area (Å²) >= 11 is 0. The van der Waals surface area contributed by atoms with Crippen molar-refractivity contribution in [1.82, 2.24) is 15.1 Å². The van der Waals surface area contributed by atoms with Crippen LogP contribution in [0.25, 0.3) is 5.69 Å². The summed E-state index contributed by atoms with van der Waals surface area (Å²) in [5, 5.41) is 7.42. The number of rotatable bonds is 5. The maximum Gasteiger partial charge on any atom is 0.224 e. The van der Waals surface area contributed by atoms with Crippen molar-refractivity contribution in [1.29, 1.82) is 0 Å². The summed E-state index contributed by atoms with van der Waals surface area (Å²) in [6.07, 6.45) is 0.885. The number of para-hydroxylation sites is 1. The van der Waals surface area contributed by atoms with E-state index in [2.05, 4.69) is 10.4 Å². The van der Waals surface area contributed by atoms with Crippen LogP contribution in [0.3, 0.4) is 0 Å². The van der Waals surface area contributed by atoms with E-state index in [1.807, 2.05) is 48.9 Å². The number of sulfone groups is 1. The molecule has 2 aromatic rings. The topological polar surface area (TPSA) is 81.1 Å². The summed E-state index contributed by atoms with van der Waals surface area (Å²) in [6.45, 7) is 4.28. The molecule has 0 bridgehead atoms. The van der Waals surface area contributed by atoms with Crippen LogP contribution in [0.1, 0.15) is 23.4 Å². The van der Waals surface area contributed by atoms with Gasteiger partial charge in [-0.2, -0.15) is 5.10 Å². The van der Waals surface area contributed by atoms with Crippen LogP contribution in [0.2, 0.25) is 0 Å². The molecule has 134 valence electrons. The second-order valence-electron chi connectivity index (χ2n) is 6.65. The lowest BCUT2D eigenvalue weighted by atomic mass is 10.1. The fourth-order valence-electron chi connectivity index (χ4n) is 3.27. The highest BCUT2D eigenvalue weighted by molar-refractivity contribution is 7.91. The molecular formula is C18H23N3O3S. The predicted molar refractivity (Wildman–Crippen MR) is 96.5 cm³/mol. The first-order valence-electron chi connectivity index (χ1n) is 8.43. The Labute approximate surface area is 148 Å². The van der Waals surface area contributed by atoms with Crippen molar-refractivity contribution in [3.05, 3.63) is 47.3 Å². The van der Waals surface area contributed by atoms with E-state index in [1.165, 1.54) is 0 Å². The summed E-state index contributed by atoms with van der Waals surface area (Å²) in [5.41, 5.74) is 3.66. The maximum atomic E-state index is 12.3. The zero-order valence-electron chi connectivity index (χ0n) is 14.5. The van der Waals surface area contributed by atoms with E-state index >= 15 is 0 Å². The van der Waals surface area contributed by atoms with E-state index < -0.39 is 9.84 Å². The zero-order chi connectivity index (χ0) is 18.0. The van der Waals surface area contributed by atoms with Gasteiger partial charge < -0.3 is 5.32 Å². The van der Waals surface area contributed by atoms with Gasteiger partial charge in [0.05, 0.1) is 29.3 Å². The van der Waals surface area contributed by atoms with Crippen molar-refractivity contribution in [2.45, 2.75) is 26.7 Å². The molecule has 0 aliphatic carbocycles. The van der Waals surface area contributed by atoms with Crippen molar-refractivity contribution in [3.63, 3.8) is 0 Å². The first-order valence-corrected chi connectivity index (χ1v) is 10.3. The summed E-state index contributed by atoms with van der Waals surface area (Å²) in [6, 6.07) is 9.81. The minimum absolute atomic E-state index is 0.0307. The van der Waals surface area contributed by atoms with Gasteiger partial charge in [0.15, 0.2) is 9.84 Å². The molecule has 1 aromatic carbocycles.